The number of phenolic OH excluding ortho intramolecular Hbond substituents is 1. The predicted octanol–water partition coefficient (Wildman–Crippen LogP) is 4.97. The topological polar surface area (TPSA) is 123 Å². The first kappa shape index (κ1) is 26.0. The van der Waals surface area contributed by atoms with E-state index in [1.54, 1.807) is 15.9 Å². The van der Waals surface area contributed by atoms with Crippen molar-refractivity contribution in [1.29, 1.82) is 0 Å². The number of carbonyl (C=O) groups excluding carboxylic acids is 1. The number of amides is 1. The molecule has 4 N–H and O–H groups in total. The second-order valence-corrected chi connectivity index (χ2v) is 11.5. The molecule has 196 valence electrons. The van der Waals surface area contributed by atoms with Crippen LogP contribution in [0, 0.1) is 0 Å². The first-order valence-corrected chi connectivity index (χ1v) is 13.9. The molecule has 1 aromatic heterocycles. The molecular formula is C28H26ClN3O5S. The normalized spacial score (nSPS) is 15.4. The van der Waals surface area contributed by atoms with Gasteiger partial charge in [-0.05, 0) is 84.0 Å². The summed E-state index contributed by atoms with van der Waals surface area (Å²) in [5, 5.41) is 20.0. The number of carbonyl (C=O) groups is 1. The van der Waals surface area contributed by atoms with E-state index in [1.165, 1.54) is 30.3 Å². The van der Waals surface area contributed by atoms with Gasteiger partial charge in [0.1, 0.15) is 5.75 Å². The number of hydrogen-bond donors (Lipinski definition) is 4. The molecular weight excluding hydrogens is 526 g/mol. The van der Waals surface area contributed by atoms with Gasteiger partial charge in [-0.2, -0.15) is 4.31 Å². The van der Waals surface area contributed by atoms with E-state index in [0.29, 0.717) is 24.3 Å². The average molecular weight is 552 g/mol. The number of rotatable bonds is 8. The monoisotopic (exact) mass is 551 g/mol. The van der Waals surface area contributed by atoms with Crippen LogP contribution in [0.4, 0.5) is 0 Å². The van der Waals surface area contributed by atoms with E-state index in [0.717, 1.165) is 33.2 Å². The van der Waals surface area contributed by atoms with Crippen molar-refractivity contribution in [3.8, 4) is 5.75 Å². The lowest BCUT2D eigenvalue weighted by molar-refractivity contribution is -0.124. The van der Waals surface area contributed by atoms with Crippen LogP contribution in [0.1, 0.15) is 34.7 Å². The molecule has 1 heterocycles. The third-order valence-electron chi connectivity index (χ3n) is 6.87. The summed E-state index contributed by atoms with van der Waals surface area (Å²) in [5.41, 5.74) is 6.14. The zero-order valence-corrected chi connectivity index (χ0v) is 21.8. The largest absolute Gasteiger partial charge is 0.508 e. The number of aromatic hydroxyl groups is 1. The number of nitrogens with one attached hydrogen (secondary N) is 2. The maximum Gasteiger partial charge on any atom is 0.267 e. The smallest absolute Gasteiger partial charge is 0.267 e. The van der Waals surface area contributed by atoms with Crippen LogP contribution in [0.3, 0.4) is 0 Å². The Morgan fingerprint density at radius 2 is 1.92 bits per heavy atom. The van der Waals surface area contributed by atoms with Gasteiger partial charge in [0.2, 0.25) is 10.0 Å². The molecule has 0 saturated carbocycles. The minimum atomic E-state index is -3.90. The Morgan fingerprint density at radius 1 is 1.13 bits per heavy atom. The van der Waals surface area contributed by atoms with E-state index < -0.39 is 15.9 Å². The van der Waals surface area contributed by atoms with Gasteiger partial charge in [-0.3, -0.25) is 10.0 Å². The van der Waals surface area contributed by atoms with Crippen LogP contribution in [0.15, 0.2) is 77.8 Å². The molecule has 4 aromatic rings. The van der Waals surface area contributed by atoms with E-state index in [2.05, 4.69) is 4.98 Å². The van der Waals surface area contributed by atoms with E-state index in [1.807, 2.05) is 42.6 Å². The number of phenols is 1. The minimum absolute atomic E-state index is 0.00497. The molecule has 1 aliphatic rings. The number of fused-ring (bicyclic) bond motifs is 2. The molecule has 38 heavy (non-hydrogen) atoms. The lowest BCUT2D eigenvalue weighted by Crippen LogP contribution is -2.35. The number of aromatic amines is 1. The summed E-state index contributed by atoms with van der Waals surface area (Å²) in [6.07, 6.45) is 6.48. The number of nitrogens with zero attached hydrogens (tertiary/aromatic N) is 1. The Morgan fingerprint density at radius 3 is 2.68 bits per heavy atom. The Bertz CT molecular complexity index is 1630. The van der Waals surface area contributed by atoms with Crippen LogP contribution in [-0.4, -0.2) is 40.5 Å². The lowest BCUT2D eigenvalue weighted by Gasteiger charge is -2.29. The predicted molar refractivity (Wildman–Crippen MR) is 145 cm³/mol. The number of aromatic nitrogens is 1. The molecule has 0 spiro atoms. The fraction of sp³-hybridized carbons (Fsp3) is 0.179. The van der Waals surface area contributed by atoms with Crippen molar-refractivity contribution >= 4 is 44.5 Å². The van der Waals surface area contributed by atoms with Crippen LogP contribution in [0.25, 0.3) is 17.0 Å². The molecule has 1 atom stereocenters. The highest BCUT2D eigenvalue weighted by Gasteiger charge is 2.36. The maximum atomic E-state index is 13.9. The van der Waals surface area contributed by atoms with Crippen molar-refractivity contribution in [2.75, 3.05) is 6.54 Å². The average Bonchev–Trinajstić information content (AvgIpc) is 3.51. The van der Waals surface area contributed by atoms with Gasteiger partial charge in [-0.15, -0.1) is 0 Å². The summed E-state index contributed by atoms with van der Waals surface area (Å²) in [4.78, 5) is 14.7. The molecule has 3 aromatic carbocycles. The van der Waals surface area contributed by atoms with Crippen LogP contribution < -0.4 is 5.48 Å². The van der Waals surface area contributed by atoms with E-state index in [-0.39, 0.29) is 23.2 Å². The van der Waals surface area contributed by atoms with E-state index in [9.17, 15) is 18.3 Å². The number of aryl methyl sites for hydroxylation is 1. The molecule has 1 aliphatic carbocycles. The third kappa shape index (κ3) is 5.19. The summed E-state index contributed by atoms with van der Waals surface area (Å²) >= 11 is 6.12. The third-order valence-corrected chi connectivity index (χ3v) is 9.03. The fourth-order valence-corrected chi connectivity index (χ4v) is 6.83. The highest BCUT2D eigenvalue weighted by molar-refractivity contribution is 7.89. The molecule has 1 unspecified atom stereocenters. The van der Waals surface area contributed by atoms with Crippen LogP contribution in [-0.2, 0) is 27.7 Å². The number of hydrogen-bond acceptors (Lipinski definition) is 5. The van der Waals surface area contributed by atoms with Gasteiger partial charge in [0, 0.05) is 34.7 Å². The quantitative estimate of drug-likeness (QED) is 0.140. The maximum absolute atomic E-state index is 13.9. The molecule has 5 rings (SSSR count). The Hall–Kier alpha value is -3.63. The summed E-state index contributed by atoms with van der Waals surface area (Å²) in [7, 11) is -3.90. The second kappa shape index (κ2) is 10.6. The molecule has 8 nitrogen and oxygen atoms in total. The van der Waals surface area contributed by atoms with Crippen LogP contribution >= 0.6 is 11.6 Å². The molecule has 10 heteroatoms. The van der Waals surface area contributed by atoms with Crippen molar-refractivity contribution in [2.45, 2.75) is 30.2 Å². The number of H-pyrrole nitrogens is 1. The number of hydroxylamine groups is 1. The van der Waals surface area contributed by atoms with Crippen molar-refractivity contribution in [3.05, 3.63) is 100 Å². The highest BCUT2D eigenvalue weighted by Crippen LogP contribution is 2.40. The second-order valence-electron chi connectivity index (χ2n) is 9.19. The summed E-state index contributed by atoms with van der Waals surface area (Å²) in [6.45, 7) is 0.251. The SMILES string of the molecule is O=C(C=Cc1ccc2c(c1)CCC2N(CCc1c[nH]c2cc(Cl)ccc12)S(=O)(=O)c1ccc(O)cc1)NO. The Labute approximate surface area is 225 Å². The zero-order chi connectivity index (χ0) is 26.9. The van der Waals surface area contributed by atoms with Gasteiger partial charge in [0.25, 0.3) is 5.91 Å². The van der Waals surface area contributed by atoms with Gasteiger partial charge in [0.15, 0.2) is 0 Å². The van der Waals surface area contributed by atoms with Crippen molar-refractivity contribution < 1.29 is 23.5 Å². The van der Waals surface area contributed by atoms with Gasteiger partial charge in [-0.1, -0.05) is 35.9 Å². The first-order valence-electron chi connectivity index (χ1n) is 12.1. The fourth-order valence-electron chi connectivity index (χ4n) is 5.02. The van der Waals surface area contributed by atoms with Crippen LogP contribution in [0.5, 0.6) is 5.75 Å². The van der Waals surface area contributed by atoms with Gasteiger partial charge in [0.05, 0.1) is 10.9 Å². The number of benzene rings is 3. The molecule has 0 fully saturated rings. The van der Waals surface area contributed by atoms with Crippen molar-refractivity contribution in [1.82, 2.24) is 14.8 Å². The molecule has 0 bridgehead atoms. The number of halogens is 1. The standard InChI is InChI=1S/C28H26ClN3O5S/c29-21-4-10-24-20(17-30-26(24)16-21)13-14-32(38(36,37)23-7-5-22(33)6-8-23)27-11-3-19-15-18(1-9-25(19)27)2-12-28(34)31-35/h1-2,4-10,12,15-17,27,30,33,35H,3,11,13-14H2,(H,31,34). The van der Waals surface area contributed by atoms with Crippen molar-refractivity contribution in [3.63, 3.8) is 0 Å². The zero-order valence-electron chi connectivity index (χ0n) is 20.3. The van der Waals surface area contributed by atoms with Gasteiger partial charge in [-0.25, -0.2) is 13.9 Å². The summed E-state index contributed by atoms with van der Waals surface area (Å²) < 4.78 is 29.4. The molecule has 1 amide bonds. The van der Waals surface area contributed by atoms with E-state index in [4.69, 9.17) is 16.8 Å². The van der Waals surface area contributed by atoms with Crippen LogP contribution in [0.2, 0.25) is 5.02 Å². The van der Waals surface area contributed by atoms with Crippen molar-refractivity contribution in [2.24, 2.45) is 0 Å². The highest BCUT2D eigenvalue weighted by atomic mass is 35.5. The molecule has 0 saturated heterocycles. The number of sulfonamides is 1. The van der Waals surface area contributed by atoms with Gasteiger partial charge < -0.3 is 10.1 Å². The Kier molecular flexibility index (Phi) is 7.27. The lowest BCUT2D eigenvalue weighted by atomic mass is 10.0. The summed E-state index contributed by atoms with van der Waals surface area (Å²) in [5.74, 6) is -0.635. The molecule has 0 radical (unpaired) electrons. The Balaban J connectivity index is 1.49. The minimum Gasteiger partial charge on any atom is -0.508 e. The van der Waals surface area contributed by atoms with Gasteiger partial charge >= 0.3 is 0 Å². The summed E-state index contributed by atoms with van der Waals surface area (Å²) in [6, 6.07) is 16.5. The van der Waals surface area contributed by atoms with E-state index >= 15 is 0 Å². The first-order chi connectivity index (χ1) is 18.3. The molecule has 0 aliphatic heterocycles.